The summed E-state index contributed by atoms with van der Waals surface area (Å²) in [5.41, 5.74) is 2.83. The van der Waals surface area contributed by atoms with Crippen LogP contribution >= 0.6 is 0 Å². The van der Waals surface area contributed by atoms with E-state index in [1.807, 2.05) is 43.9 Å². The molecule has 0 aromatic heterocycles. The summed E-state index contributed by atoms with van der Waals surface area (Å²) in [6, 6.07) is 15.0. The summed E-state index contributed by atoms with van der Waals surface area (Å²) in [6.45, 7) is 7.24. The molecule has 180 valence electrons. The first-order valence-corrected chi connectivity index (χ1v) is 11.6. The number of carbonyl (C=O) groups excluding carboxylic acids is 2. The van der Waals surface area contributed by atoms with E-state index in [4.69, 9.17) is 4.74 Å². The number of rotatable bonds is 6. The monoisotopic (exact) mass is 464 g/mol. The molecule has 1 aliphatic heterocycles. The lowest BCUT2D eigenvalue weighted by Gasteiger charge is -2.31. The lowest BCUT2D eigenvalue weighted by atomic mass is 9.79. The number of nitrogens with zero attached hydrogens (tertiary/aromatic N) is 1. The first-order chi connectivity index (χ1) is 16.1. The molecule has 2 aromatic carbocycles. The van der Waals surface area contributed by atoms with Gasteiger partial charge in [0.25, 0.3) is 0 Å². The van der Waals surface area contributed by atoms with E-state index in [1.165, 1.54) is 11.6 Å². The van der Waals surface area contributed by atoms with Crippen LogP contribution in [0.4, 0.5) is 4.79 Å². The Morgan fingerprint density at radius 3 is 2.50 bits per heavy atom. The van der Waals surface area contributed by atoms with Gasteiger partial charge in [-0.2, -0.15) is 0 Å². The zero-order chi connectivity index (χ0) is 24.7. The number of carbonyl (C=O) groups is 2. The normalized spacial score (nSPS) is 14.8. The maximum absolute atomic E-state index is 12.6. The van der Waals surface area contributed by atoms with Crippen molar-refractivity contribution in [2.24, 2.45) is 0 Å². The van der Waals surface area contributed by atoms with E-state index in [-0.39, 0.29) is 5.91 Å². The van der Waals surface area contributed by atoms with E-state index < -0.39 is 18.8 Å². The van der Waals surface area contributed by atoms with E-state index in [2.05, 4.69) is 17.4 Å². The van der Waals surface area contributed by atoms with Gasteiger partial charge in [0.1, 0.15) is 5.60 Å². The molecular formula is C26H33BN2O5. The van der Waals surface area contributed by atoms with Crippen LogP contribution < -0.4 is 10.8 Å². The van der Waals surface area contributed by atoms with Gasteiger partial charge in [0.15, 0.2) is 0 Å². The number of hydrogen-bond donors (Lipinski definition) is 3. The Labute approximate surface area is 201 Å². The Morgan fingerprint density at radius 2 is 1.82 bits per heavy atom. The molecule has 2 aromatic rings. The molecule has 3 N–H and O–H groups in total. The molecule has 0 atom stereocenters. The van der Waals surface area contributed by atoms with Gasteiger partial charge in [-0.15, -0.1) is 0 Å². The molecule has 2 amide bonds. The van der Waals surface area contributed by atoms with Gasteiger partial charge in [-0.05, 0) is 67.8 Å². The van der Waals surface area contributed by atoms with Crippen LogP contribution in [0.25, 0.3) is 6.08 Å². The fourth-order valence-electron chi connectivity index (χ4n) is 3.97. The maximum Gasteiger partial charge on any atom is 0.488 e. The number of ether oxygens (including phenoxy) is 1. The summed E-state index contributed by atoms with van der Waals surface area (Å²) in [5, 5.41) is 21.4. The molecule has 8 heteroatoms. The molecule has 0 radical (unpaired) electrons. The van der Waals surface area contributed by atoms with Crippen LogP contribution in [0.2, 0.25) is 0 Å². The second kappa shape index (κ2) is 11.4. The second-order valence-electron chi connectivity index (χ2n) is 9.58. The molecular weight excluding hydrogens is 431 g/mol. The number of piperidine rings is 1. The summed E-state index contributed by atoms with van der Waals surface area (Å²) < 4.78 is 5.29. The fraction of sp³-hybridized carbons (Fsp3) is 0.385. The smallest absolute Gasteiger partial charge is 0.444 e. The number of benzene rings is 2. The first-order valence-electron chi connectivity index (χ1n) is 11.6. The lowest BCUT2D eigenvalue weighted by molar-refractivity contribution is -0.126. The third-order valence-corrected chi connectivity index (χ3v) is 5.69. The molecule has 1 fully saturated rings. The molecule has 3 rings (SSSR count). The minimum atomic E-state index is -1.53. The molecule has 0 spiro atoms. The van der Waals surface area contributed by atoms with Crippen molar-refractivity contribution in [1.82, 2.24) is 10.2 Å². The van der Waals surface area contributed by atoms with Crippen LogP contribution in [-0.4, -0.2) is 52.8 Å². The quantitative estimate of drug-likeness (QED) is 0.451. The SMILES string of the molecule is CC(C)(C)OC(=O)NCc1cccc(C2CCN(C(=O)/C=C/c3cccc(B(O)O)c3)CC2)c1. The molecule has 34 heavy (non-hydrogen) atoms. The van der Waals surface area contributed by atoms with Crippen LogP contribution in [0.3, 0.4) is 0 Å². The van der Waals surface area contributed by atoms with Crippen molar-refractivity contribution in [3.8, 4) is 0 Å². The maximum atomic E-state index is 12.6. The highest BCUT2D eigenvalue weighted by Crippen LogP contribution is 2.28. The Morgan fingerprint density at radius 1 is 1.12 bits per heavy atom. The van der Waals surface area contributed by atoms with Gasteiger partial charge >= 0.3 is 13.2 Å². The molecule has 0 saturated carbocycles. The van der Waals surface area contributed by atoms with Crippen molar-refractivity contribution < 1.29 is 24.4 Å². The van der Waals surface area contributed by atoms with Crippen LogP contribution in [-0.2, 0) is 16.1 Å². The topological polar surface area (TPSA) is 99.1 Å². The third-order valence-electron chi connectivity index (χ3n) is 5.69. The fourth-order valence-corrected chi connectivity index (χ4v) is 3.97. The molecule has 0 aliphatic carbocycles. The van der Waals surface area contributed by atoms with Crippen molar-refractivity contribution in [3.05, 3.63) is 71.3 Å². The van der Waals surface area contributed by atoms with Crippen molar-refractivity contribution in [1.29, 1.82) is 0 Å². The van der Waals surface area contributed by atoms with Crippen LogP contribution in [0.1, 0.15) is 56.2 Å². The van der Waals surface area contributed by atoms with Crippen LogP contribution in [0, 0.1) is 0 Å². The van der Waals surface area contributed by atoms with Gasteiger partial charge in [-0.1, -0.05) is 48.5 Å². The standard InChI is InChI=1S/C26H33BN2O5/c1-26(2,3)34-25(31)28-18-20-7-4-8-22(16-20)21-12-14-29(15-13-21)24(30)11-10-19-6-5-9-23(17-19)27(32)33/h4-11,16-17,21,32-33H,12-15,18H2,1-3H3,(H,28,31)/b11-10+. The van der Waals surface area contributed by atoms with Gasteiger partial charge in [-0.3, -0.25) is 4.79 Å². The lowest BCUT2D eigenvalue weighted by Crippen LogP contribution is -2.37. The van der Waals surface area contributed by atoms with E-state index in [0.29, 0.717) is 31.0 Å². The average molecular weight is 464 g/mol. The van der Waals surface area contributed by atoms with E-state index in [0.717, 1.165) is 24.0 Å². The molecule has 0 bridgehead atoms. The summed E-state index contributed by atoms with van der Waals surface area (Å²) >= 11 is 0. The van der Waals surface area contributed by atoms with Crippen molar-refractivity contribution >= 4 is 30.7 Å². The molecule has 0 unspecified atom stereocenters. The Balaban J connectivity index is 1.51. The summed E-state index contributed by atoms with van der Waals surface area (Å²) in [7, 11) is -1.53. The van der Waals surface area contributed by atoms with Gasteiger partial charge < -0.3 is 25.0 Å². The predicted octanol–water partition coefficient (Wildman–Crippen LogP) is 2.81. The van der Waals surface area contributed by atoms with Gasteiger partial charge in [0.05, 0.1) is 0 Å². The number of amides is 2. The molecule has 1 aliphatic rings. The molecule has 7 nitrogen and oxygen atoms in total. The van der Waals surface area contributed by atoms with Crippen molar-refractivity contribution in [2.75, 3.05) is 13.1 Å². The zero-order valence-electron chi connectivity index (χ0n) is 20.0. The Kier molecular flexibility index (Phi) is 8.53. The van der Waals surface area contributed by atoms with E-state index >= 15 is 0 Å². The first kappa shape index (κ1) is 25.5. The highest BCUT2D eigenvalue weighted by Gasteiger charge is 2.23. The summed E-state index contributed by atoms with van der Waals surface area (Å²) in [4.78, 5) is 26.4. The number of hydrogen-bond acceptors (Lipinski definition) is 5. The minimum Gasteiger partial charge on any atom is -0.444 e. The molecule has 1 saturated heterocycles. The second-order valence-corrected chi connectivity index (χ2v) is 9.58. The minimum absolute atomic E-state index is 0.0521. The zero-order valence-corrected chi connectivity index (χ0v) is 20.0. The van der Waals surface area contributed by atoms with Gasteiger partial charge in [0, 0.05) is 25.7 Å². The molecule has 1 heterocycles. The summed E-state index contributed by atoms with van der Waals surface area (Å²) in [5.74, 6) is 0.306. The van der Waals surface area contributed by atoms with Crippen LogP contribution in [0.5, 0.6) is 0 Å². The number of likely N-dealkylation sites (tertiary alicyclic amines) is 1. The highest BCUT2D eigenvalue weighted by atomic mass is 16.6. The van der Waals surface area contributed by atoms with Gasteiger partial charge in [0.2, 0.25) is 5.91 Å². The summed E-state index contributed by atoms with van der Waals surface area (Å²) in [6.07, 6.45) is 4.54. The largest absolute Gasteiger partial charge is 0.488 e. The number of nitrogens with one attached hydrogen (secondary N) is 1. The highest BCUT2D eigenvalue weighted by molar-refractivity contribution is 6.58. The van der Waals surface area contributed by atoms with Crippen molar-refractivity contribution in [3.63, 3.8) is 0 Å². The van der Waals surface area contributed by atoms with E-state index in [9.17, 15) is 19.6 Å². The Bertz CT molecular complexity index is 1020. The predicted molar refractivity (Wildman–Crippen MR) is 133 cm³/mol. The van der Waals surface area contributed by atoms with Crippen molar-refractivity contribution in [2.45, 2.75) is 51.7 Å². The van der Waals surface area contributed by atoms with Crippen LogP contribution in [0.15, 0.2) is 54.6 Å². The average Bonchev–Trinajstić information content (AvgIpc) is 2.80. The van der Waals surface area contributed by atoms with E-state index in [1.54, 1.807) is 24.3 Å². The number of alkyl carbamates (subject to hydrolysis) is 1. The Hall–Kier alpha value is -3.10. The van der Waals surface area contributed by atoms with Gasteiger partial charge in [-0.25, -0.2) is 4.79 Å². The third kappa shape index (κ3) is 7.75.